The Balaban J connectivity index is 1.56. The molecule has 0 aromatic heterocycles. The predicted molar refractivity (Wildman–Crippen MR) is 71.3 cm³/mol. The maximum Gasteiger partial charge on any atom is 0.0507 e. The first kappa shape index (κ1) is 13.3. The molecule has 0 bridgehead atoms. The highest BCUT2D eigenvalue weighted by atomic mass is 16.5. The number of rotatable bonds is 5. The van der Waals surface area contributed by atoms with Crippen molar-refractivity contribution in [3.63, 3.8) is 0 Å². The highest BCUT2D eigenvalue weighted by molar-refractivity contribution is 4.73. The van der Waals surface area contributed by atoms with Crippen molar-refractivity contribution in [2.75, 3.05) is 39.4 Å². The Labute approximate surface area is 106 Å². The Morgan fingerprint density at radius 2 is 2.18 bits per heavy atom. The lowest BCUT2D eigenvalue weighted by atomic mass is 10.1. The van der Waals surface area contributed by atoms with Crippen molar-refractivity contribution < 1.29 is 4.74 Å². The smallest absolute Gasteiger partial charge is 0.0507 e. The largest absolute Gasteiger partial charge is 0.381 e. The molecule has 0 saturated carbocycles. The van der Waals surface area contributed by atoms with Crippen molar-refractivity contribution in [2.24, 2.45) is 5.92 Å². The van der Waals surface area contributed by atoms with Gasteiger partial charge in [-0.3, -0.25) is 4.90 Å². The van der Waals surface area contributed by atoms with Crippen molar-refractivity contribution in [1.29, 1.82) is 0 Å². The summed E-state index contributed by atoms with van der Waals surface area (Å²) in [6.45, 7) is 9.12. The zero-order chi connectivity index (χ0) is 11.9. The summed E-state index contributed by atoms with van der Waals surface area (Å²) in [6, 6.07) is 0.786. The van der Waals surface area contributed by atoms with Crippen LogP contribution in [0.3, 0.4) is 0 Å². The molecule has 0 aromatic rings. The van der Waals surface area contributed by atoms with Crippen LogP contribution in [0.25, 0.3) is 0 Å². The lowest BCUT2D eigenvalue weighted by Gasteiger charge is -2.27. The van der Waals surface area contributed by atoms with Gasteiger partial charge in [-0.25, -0.2) is 0 Å². The molecule has 2 fully saturated rings. The normalized spacial score (nSPS) is 31.6. The molecule has 2 aliphatic heterocycles. The molecule has 0 radical (unpaired) electrons. The minimum atomic E-state index is 0.761. The molecule has 100 valence electrons. The molecule has 0 amide bonds. The van der Waals surface area contributed by atoms with Crippen molar-refractivity contribution in [3.8, 4) is 0 Å². The minimum Gasteiger partial charge on any atom is -0.381 e. The highest BCUT2D eigenvalue weighted by Gasteiger charge is 2.17. The van der Waals surface area contributed by atoms with Gasteiger partial charge in [0.05, 0.1) is 6.61 Å². The predicted octanol–water partition coefficient (Wildman–Crippen LogP) is 1.88. The second kappa shape index (κ2) is 7.34. The number of hydrogen-bond acceptors (Lipinski definition) is 3. The second-order valence-electron chi connectivity index (χ2n) is 5.67. The molecule has 0 aromatic carbocycles. The quantitative estimate of drug-likeness (QED) is 0.743. The van der Waals surface area contributed by atoms with Crippen molar-refractivity contribution >= 4 is 0 Å². The molecular weight excluding hydrogens is 212 g/mol. The molecule has 2 unspecified atom stereocenters. The third-order valence-corrected chi connectivity index (χ3v) is 4.22. The summed E-state index contributed by atoms with van der Waals surface area (Å²) in [7, 11) is 0. The zero-order valence-electron chi connectivity index (χ0n) is 11.3. The molecule has 2 atom stereocenters. The second-order valence-corrected chi connectivity index (χ2v) is 5.67. The molecule has 3 nitrogen and oxygen atoms in total. The van der Waals surface area contributed by atoms with E-state index in [1.807, 2.05) is 0 Å². The van der Waals surface area contributed by atoms with Crippen molar-refractivity contribution in [3.05, 3.63) is 0 Å². The Kier molecular flexibility index (Phi) is 5.75. The number of likely N-dealkylation sites (tertiary alicyclic amines) is 1. The molecule has 2 rings (SSSR count). The summed E-state index contributed by atoms with van der Waals surface area (Å²) in [5.74, 6) is 0.761. The van der Waals surface area contributed by atoms with E-state index in [1.54, 1.807) is 0 Å². The van der Waals surface area contributed by atoms with Gasteiger partial charge < -0.3 is 10.1 Å². The van der Waals surface area contributed by atoms with Gasteiger partial charge in [0.2, 0.25) is 0 Å². The molecule has 2 heterocycles. The van der Waals surface area contributed by atoms with E-state index in [-0.39, 0.29) is 0 Å². The third-order valence-electron chi connectivity index (χ3n) is 4.22. The average molecular weight is 240 g/mol. The fourth-order valence-corrected chi connectivity index (χ4v) is 2.94. The van der Waals surface area contributed by atoms with Crippen LogP contribution in [0.5, 0.6) is 0 Å². The van der Waals surface area contributed by atoms with Crippen LogP contribution in [0.4, 0.5) is 0 Å². The molecule has 17 heavy (non-hydrogen) atoms. The van der Waals surface area contributed by atoms with Crippen LogP contribution >= 0.6 is 0 Å². The molecule has 1 N–H and O–H groups in total. The van der Waals surface area contributed by atoms with E-state index in [0.717, 1.165) is 38.3 Å². The number of ether oxygens (including phenoxy) is 1. The third kappa shape index (κ3) is 4.57. The SMILES string of the molecule is CC1CCCCCN1CCNCC1CCOC1. The van der Waals surface area contributed by atoms with Gasteiger partial charge in [-0.15, -0.1) is 0 Å². The fourth-order valence-electron chi connectivity index (χ4n) is 2.94. The minimum absolute atomic E-state index is 0.761. The van der Waals surface area contributed by atoms with Gasteiger partial charge in [-0.05, 0) is 38.6 Å². The van der Waals surface area contributed by atoms with E-state index < -0.39 is 0 Å². The zero-order valence-corrected chi connectivity index (χ0v) is 11.3. The van der Waals surface area contributed by atoms with Gasteiger partial charge in [-0.1, -0.05) is 12.8 Å². The Hall–Kier alpha value is -0.120. The van der Waals surface area contributed by atoms with E-state index in [0.29, 0.717) is 0 Å². The molecule has 2 saturated heterocycles. The summed E-state index contributed by atoms with van der Waals surface area (Å²) in [6.07, 6.45) is 6.86. The van der Waals surface area contributed by atoms with Gasteiger partial charge in [0.15, 0.2) is 0 Å². The van der Waals surface area contributed by atoms with E-state index in [1.165, 1.54) is 45.2 Å². The monoisotopic (exact) mass is 240 g/mol. The van der Waals surface area contributed by atoms with Gasteiger partial charge in [0.1, 0.15) is 0 Å². The van der Waals surface area contributed by atoms with Gasteiger partial charge in [-0.2, -0.15) is 0 Å². The van der Waals surface area contributed by atoms with E-state index in [9.17, 15) is 0 Å². The molecule has 3 heteroatoms. The summed E-state index contributed by atoms with van der Waals surface area (Å²) < 4.78 is 5.39. The summed E-state index contributed by atoms with van der Waals surface area (Å²) in [4.78, 5) is 2.66. The number of nitrogens with zero attached hydrogens (tertiary/aromatic N) is 1. The average Bonchev–Trinajstić information content (AvgIpc) is 2.76. The lowest BCUT2D eigenvalue weighted by Crippen LogP contribution is -2.39. The Morgan fingerprint density at radius 1 is 1.24 bits per heavy atom. The fraction of sp³-hybridized carbons (Fsp3) is 1.00. The van der Waals surface area contributed by atoms with E-state index >= 15 is 0 Å². The highest BCUT2D eigenvalue weighted by Crippen LogP contribution is 2.15. The standard InChI is InChI=1S/C14H28N2O/c1-13-5-3-2-4-8-16(13)9-7-15-11-14-6-10-17-12-14/h13-15H,2-12H2,1H3. The van der Waals surface area contributed by atoms with Gasteiger partial charge in [0.25, 0.3) is 0 Å². The topological polar surface area (TPSA) is 24.5 Å². The maximum absolute atomic E-state index is 5.39. The van der Waals surface area contributed by atoms with Crippen molar-refractivity contribution in [1.82, 2.24) is 10.2 Å². The first-order valence-electron chi connectivity index (χ1n) is 7.39. The summed E-state index contributed by atoms with van der Waals surface area (Å²) >= 11 is 0. The van der Waals surface area contributed by atoms with Crippen LogP contribution in [-0.4, -0.2) is 50.3 Å². The van der Waals surface area contributed by atoms with E-state index in [2.05, 4.69) is 17.1 Å². The van der Waals surface area contributed by atoms with Crippen LogP contribution in [0.2, 0.25) is 0 Å². The van der Waals surface area contributed by atoms with Crippen LogP contribution in [0.1, 0.15) is 39.0 Å². The molecule has 2 aliphatic rings. The van der Waals surface area contributed by atoms with Gasteiger partial charge >= 0.3 is 0 Å². The lowest BCUT2D eigenvalue weighted by molar-refractivity contribution is 0.183. The Bertz CT molecular complexity index is 204. The van der Waals surface area contributed by atoms with E-state index in [4.69, 9.17) is 4.74 Å². The molecule has 0 spiro atoms. The first-order chi connectivity index (χ1) is 8.36. The van der Waals surface area contributed by atoms with Crippen LogP contribution in [-0.2, 0) is 4.74 Å². The molecular formula is C14H28N2O. The van der Waals surface area contributed by atoms with Crippen LogP contribution in [0.15, 0.2) is 0 Å². The maximum atomic E-state index is 5.39. The van der Waals surface area contributed by atoms with Crippen LogP contribution < -0.4 is 5.32 Å². The molecule has 0 aliphatic carbocycles. The number of hydrogen-bond donors (Lipinski definition) is 1. The first-order valence-corrected chi connectivity index (χ1v) is 7.39. The van der Waals surface area contributed by atoms with Gasteiger partial charge in [0, 0.05) is 32.3 Å². The van der Waals surface area contributed by atoms with Crippen LogP contribution in [0, 0.1) is 5.92 Å². The van der Waals surface area contributed by atoms with Crippen molar-refractivity contribution in [2.45, 2.75) is 45.1 Å². The Morgan fingerprint density at radius 3 is 3.00 bits per heavy atom. The summed E-state index contributed by atoms with van der Waals surface area (Å²) in [5, 5.41) is 3.59. The summed E-state index contributed by atoms with van der Waals surface area (Å²) in [5.41, 5.74) is 0. The number of nitrogens with one attached hydrogen (secondary N) is 1.